The molecule has 0 spiro atoms. The maximum absolute atomic E-state index is 14.2. The minimum atomic E-state index is -0.0236. The van der Waals surface area contributed by atoms with Crippen LogP contribution in [0.2, 0.25) is 0 Å². The topological polar surface area (TPSA) is 32.3 Å². The lowest BCUT2D eigenvalue weighted by molar-refractivity contribution is -0.136. The van der Waals surface area contributed by atoms with Crippen LogP contribution in [0.1, 0.15) is 97.5 Å². The molecule has 172 valence electrons. The van der Waals surface area contributed by atoms with Crippen molar-refractivity contribution >= 4 is 5.91 Å². The van der Waals surface area contributed by atoms with E-state index in [4.69, 9.17) is 0 Å². The van der Waals surface area contributed by atoms with E-state index in [0.717, 1.165) is 38.6 Å². The van der Waals surface area contributed by atoms with Gasteiger partial charge in [0.1, 0.15) is 0 Å². The van der Waals surface area contributed by atoms with Crippen LogP contribution in [0.25, 0.3) is 0 Å². The molecule has 3 rings (SSSR count). The smallest absolute Gasteiger partial charge is 0.230 e. The molecule has 31 heavy (non-hydrogen) atoms. The summed E-state index contributed by atoms with van der Waals surface area (Å²) in [7, 11) is 0. The Morgan fingerprint density at radius 3 is 2.65 bits per heavy atom. The normalized spacial score (nSPS) is 25.3. The van der Waals surface area contributed by atoms with Crippen molar-refractivity contribution in [1.29, 1.82) is 0 Å². The summed E-state index contributed by atoms with van der Waals surface area (Å²) in [6, 6.07) is 11.2. The molecular weight excluding hydrogens is 380 g/mol. The average molecular weight is 425 g/mol. The van der Waals surface area contributed by atoms with E-state index >= 15 is 0 Å². The average Bonchev–Trinajstić information content (AvgIpc) is 3.20. The number of rotatable bonds is 8. The van der Waals surface area contributed by atoms with Crippen molar-refractivity contribution in [3.63, 3.8) is 0 Å². The van der Waals surface area contributed by atoms with Gasteiger partial charge in [-0.2, -0.15) is 0 Å². The SMILES string of the molecule is CCCCC(CC)[C@H](C(=O)N1CCC[C@H]1C1NC=C(C)CCC1(C)C)c1ccccc1. The van der Waals surface area contributed by atoms with Crippen LogP contribution < -0.4 is 5.32 Å². The summed E-state index contributed by atoms with van der Waals surface area (Å²) in [6.45, 7) is 12.4. The van der Waals surface area contributed by atoms with E-state index < -0.39 is 0 Å². The summed E-state index contributed by atoms with van der Waals surface area (Å²) in [5, 5.41) is 3.75. The van der Waals surface area contributed by atoms with Crippen molar-refractivity contribution in [1.82, 2.24) is 10.2 Å². The predicted molar refractivity (Wildman–Crippen MR) is 131 cm³/mol. The van der Waals surface area contributed by atoms with Crippen molar-refractivity contribution < 1.29 is 4.79 Å². The Labute approximate surface area is 190 Å². The van der Waals surface area contributed by atoms with Crippen molar-refractivity contribution in [3.05, 3.63) is 47.7 Å². The van der Waals surface area contributed by atoms with Crippen molar-refractivity contribution in [2.24, 2.45) is 11.3 Å². The van der Waals surface area contributed by atoms with E-state index in [9.17, 15) is 4.79 Å². The second-order valence-corrected chi connectivity index (χ2v) is 10.6. The number of amides is 1. The van der Waals surface area contributed by atoms with E-state index in [1.54, 1.807) is 0 Å². The van der Waals surface area contributed by atoms with Gasteiger partial charge in [-0.05, 0) is 62.1 Å². The summed E-state index contributed by atoms with van der Waals surface area (Å²) >= 11 is 0. The lowest BCUT2D eigenvalue weighted by Gasteiger charge is -2.42. The number of benzene rings is 1. The lowest BCUT2D eigenvalue weighted by atomic mass is 9.75. The van der Waals surface area contributed by atoms with Crippen LogP contribution in [0.5, 0.6) is 0 Å². The summed E-state index contributed by atoms with van der Waals surface area (Å²) in [6.07, 6.45) is 11.3. The van der Waals surface area contributed by atoms with Gasteiger partial charge in [-0.15, -0.1) is 0 Å². The molecule has 0 saturated carbocycles. The van der Waals surface area contributed by atoms with Crippen LogP contribution in [-0.4, -0.2) is 29.4 Å². The Balaban J connectivity index is 1.90. The summed E-state index contributed by atoms with van der Waals surface area (Å²) in [4.78, 5) is 16.5. The Bertz CT molecular complexity index is 739. The highest BCUT2D eigenvalue weighted by atomic mass is 16.2. The van der Waals surface area contributed by atoms with Gasteiger partial charge in [0, 0.05) is 6.54 Å². The van der Waals surface area contributed by atoms with Crippen LogP contribution in [-0.2, 0) is 4.79 Å². The first kappa shape index (κ1) is 23.9. The number of hydrogen-bond acceptors (Lipinski definition) is 2. The number of carbonyl (C=O) groups excluding carboxylic acids is 1. The minimum absolute atomic E-state index is 0.0236. The Morgan fingerprint density at radius 2 is 1.97 bits per heavy atom. The minimum Gasteiger partial charge on any atom is -0.386 e. The molecule has 3 nitrogen and oxygen atoms in total. The van der Waals surface area contributed by atoms with Gasteiger partial charge >= 0.3 is 0 Å². The third-order valence-corrected chi connectivity index (χ3v) is 7.83. The lowest BCUT2D eigenvalue weighted by Crippen LogP contribution is -2.55. The van der Waals surface area contributed by atoms with Gasteiger partial charge in [0.15, 0.2) is 0 Å². The van der Waals surface area contributed by atoms with Crippen LogP contribution in [0, 0.1) is 11.3 Å². The van der Waals surface area contributed by atoms with Gasteiger partial charge in [0.2, 0.25) is 5.91 Å². The molecule has 3 heteroatoms. The first-order chi connectivity index (χ1) is 14.9. The second-order valence-electron chi connectivity index (χ2n) is 10.6. The molecule has 1 saturated heterocycles. The molecule has 0 aromatic heterocycles. The van der Waals surface area contributed by atoms with E-state index in [1.165, 1.54) is 30.4 Å². The molecule has 1 aromatic rings. The van der Waals surface area contributed by atoms with Gasteiger partial charge in [0.05, 0.1) is 18.0 Å². The van der Waals surface area contributed by atoms with Crippen molar-refractivity contribution in [2.45, 2.75) is 104 Å². The highest BCUT2D eigenvalue weighted by Gasteiger charge is 2.44. The van der Waals surface area contributed by atoms with Crippen LogP contribution in [0.15, 0.2) is 42.1 Å². The highest BCUT2D eigenvalue weighted by Crippen LogP contribution is 2.40. The maximum Gasteiger partial charge on any atom is 0.230 e. The molecule has 2 heterocycles. The fourth-order valence-corrected chi connectivity index (χ4v) is 5.78. The largest absolute Gasteiger partial charge is 0.386 e. The third-order valence-electron chi connectivity index (χ3n) is 7.83. The number of nitrogens with zero attached hydrogens (tertiary/aromatic N) is 1. The molecule has 1 aromatic carbocycles. The van der Waals surface area contributed by atoms with Gasteiger partial charge in [-0.25, -0.2) is 0 Å². The van der Waals surface area contributed by atoms with E-state index in [1.807, 2.05) is 0 Å². The molecule has 2 unspecified atom stereocenters. The molecule has 4 atom stereocenters. The number of allylic oxidation sites excluding steroid dienone is 1. The van der Waals surface area contributed by atoms with Gasteiger partial charge < -0.3 is 10.2 Å². The quantitative estimate of drug-likeness (QED) is 0.506. The molecule has 1 fully saturated rings. The fraction of sp³-hybridized carbons (Fsp3) is 0.679. The summed E-state index contributed by atoms with van der Waals surface area (Å²) < 4.78 is 0. The Hall–Kier alpha value is -1.77. The summed E-state index contributed by atoms with van der Waals surface area (Å²) in [5.74, 6) is 0.747. The van der Waals surface area contributed by atoms with Gasteiger partial charge in [-0.1, -0.05) is 82.9 Å². The molecule has 0 bridgehead atoms. The summed E-state index contributed by atoms with van der Waals surface area (Å²) in [5.41, 5.74) is 2.78. The van der Waals surface area contributed by atoms with E-state index in [2.05, 4.69) is 81.4 Å². The maximum atomic E-state index is 14.2. The molecule has 2 aliphatic rings. The molecule has 1 amide bonds. The fourth-order valence-electron chi connectivity index (χ4n) is 5.78. The predicted octanol–water partition coefficient (Wildman–Crippen LogP) is 6.66. The highest BCUT2D eigenvalue weighted by molar-refractivity contribution is 5.84. The first-order valence-corrected chi connectivity index (χ1v) is 12.7. The Morgan fingerprint density at radius 1 is 1.23 bits per heavy atom. The van der Waals surface area contributed by atoms with Crippen molar-refractivity contribution in [2.75, 3.05) is 6.54 Å². The zero-order valence-corrected chi connectivity index (χ0v) is 20.5. The van der Waals surface area contributed by atoms with Crippen molar-refractivity contribution in [3.8, 4) is 0 Å². The molecule has 0 radical (unpaired) electrons. The van der Waals surface area contributed by atoms with Crippen LogP contribution in [0.3, 0.4) is 0 Å². The Kier molecular flexibility index (Phi) is 8.24. The first-order valence-electron chi connectivity index (χ1n) is 12.7. The molecule has 2 aliphatic heterocycles. The van der Waals surface area contributed by atoms with Gasteiger partial charge in [-0.3, -0.25) is 4.79 Å². The number of nitrogens with one attached hydrogen (secondary N) is 1. The number of unbranched alkanes of at least 4 members (excludes halogenated alkanes) is 1. The second kappa shape index (κ2) is 10.7. The monoisotopic (exact) mass is 424 g/mol. The zero-order chi connectivity index (χ0) is 22.4. The van der Waals surface area contributed by atoms with E-state index in [-0.39, 0.29) is 17.4 Å². The van der Waals surface area contributed by atoms with E-state index in [0.29, 0.717) is 17.9 Å². The van der Waals surface area contributed by atoms with Crippen LogP contribution in [0.4, 0.5) is 0 Å². The van der Waals surface area contributed by atoms with Gasteiger partial charge in [0.25, 0.3) is 0 Å². The molecule has 0 aliphatic carbocycles. The van der Waals surface area contributed by atoms with Crippen LogP contribution >= 0.6 is 0 Å². The standard InChI is InChI=1S/C28H44N2O/c1-6-8-13-22(7-2)25(23-14-10-9-11-15-23)27(31)30-19-12-16-24(30)26-28(4,5)18-17-21(3)20-29-26/h9-11,14-15,20,22,24-26,29H,6-8,12-13,16-19H2,1-5H3/t22?,24-,25-,26?/m0/s1. The molecular formula is C28H44N2O. The number of likely N-dealkylation sites (tertiary alicyclic amines) is 1. The third kappa shape index (κ3) is 5.54. The number of carbonyl (C=O) groups is 1. The molecule has 1 N–H and O–H groups in total. The number of hydrogen-bond donors (Lipinski definition) is 1. The zero-order valence-electron chi connectivity index (χ0n) is 20.5.